The van der Waals surface area contributed by atoms with Gasteiger partial charge in [-0.05, 0) is 38.8 Å². The summed E-state index contributed by atoms with van der Waals surface area (Å²) in [6.45, 7) is 13.5. The van der Waals surface area contributed by atoms with Crippen LogP contribution < -0.4 is 5.32 Å². The molecule has 0 aromatic rings. The maximum atomic E-state index is 12.4. The van der Waals surface area contributed by atoms with E-state index in [1.165, 1.54) is 0 Å². The molecule has 1 saturated heterocycles. The topological polar surface area (TPSA) is 32.3 Å². The highest BCUT2D eigenvalue weighted by molar-refractivity contribution is 5.85. The lowest BCUT2D eigenvalue weighted by molar-refractivity contribution is -0.139. The van der Waals surface area contributed by atoms with Crippen molar-refractivity contribution in [3.63, 3.8) is 0 Å². The summed E-state index contributed by atoms with van der Waals surface area (Å²) in [6.07, 6.45) is 0. The van der Waals surface area contributed by atoms with Gasteiger partial charge in [-0.1, -0.05) is 20.8 Å². The molecule has 1 N–H and O–H groups in total. The molecule has 0 spiro atoms. The highest BCUT2D eigenvalue weighted by atomic mass is 35.5. The van der Waals surface area contributed by atoms with Crippen LogP contribution in [0.15, 0.2) is 0 Å². The average Bonchev–Trinajstić information content (AvgIpc) is 2.09. The summed E-state index contributed by atoms with van der Waals surface area (Å²) >= 11 is 0. The number of hydrogen-bond acceptors (Lipinski definition) is 2. The molecule has 3 nitrogen and oxygen atoms in total. The molecular formula is C13H27ClN2O. The van der Waals surface area contributed by atoms with Gasteiger partial charge in [0, 0.05) is 18.5 Å². The number of rotatable bonds is 5. The summed E-state index contributed by atoms with van der Waals surface area (Å²) in [5.74, 6) is 1.58. The molecule has 0 aromatic heterocycles. The van der Waals surface area contributed by atoms with Gasteiger partial charge in [-0.15, -0.1) is 12.4 Å². The molecule has 1 aliphatic rings. The molecule has 0 bridgehead atoms. The van der Waals surface area contributed by atoms with Gasteiger partial charge in [0.1, 0.15) is 0 Å². The average molecular weight is 263 g/mol. The van der Waals surface area contributed by atoms with Crippen LogP contribution in [0.1, 0.15) is 34.6 Å². The molecule has 1 amide bonds. The summed E-state index contributed by atoms with van der Waals surface area (Å²) in [5.41, 5.74) is 0. The molecule has 0 radical (unpaired) electrons. The van der Waals surface area contributed by atoms with Crippen molar-refractivity contribution in [2.45, 2.75) is 40.7 Å². The Morgan fingerprint density at radius 1 is 1.24 bits per heavy atom. The molecule has 1 aliphatic heterocycles. The van der Waals surface area contributed by atoms with E-state index in [0.29, 0.717) is 23.8 Å². The summed E-state index contributed by atoms with van der Waals surface area (Å²) in [6, 6.07) is 0.311. The number of amides is 1. The first-order chi connectivity index (χ1) is 7.43. The van der Waals surface area contributed by atoms with Gasteiger partial charge in [0.25, 0.3) is 0 Å². The number of carbonyl (C=O) groups is 1. The van der Waals surface area contributed by atoms with Gasteiger partial charge in [-0.3, -0.25) is 4.79 Å². The lowest BCUT2D eigenvalue weighted by Gasteiger charge is -2.37. The van der Waals surface area contributed by atoms with Crippen LogP contribution in [0.3, 0.4) is 0 Å². The van der Waals surface area contributed by atoms with E-state index in [2.05, 4.69) is 39.9 Å². The van der Waals surface area contributed by atoms with E-state index in [0.717, 1.165) is 19.6 Å². The Morgan fingerprint density at radius 3 is 2.06 bits per heavy atom. The Bertz CT molecular complexity index is 240. The molecular weight excluding hydrogens is 236 g/mol. The van der Waals surface area contributed by atoms with Crippen LogP contribution in [0.5, 0.6) is 0 Å². The van der Waals surface area contributed by atoms with Crippen molar-refractivity contribution in [1.29, 1.82) is 0 Å². The van der Waals surface area contributed by atoms with Crippen molar-refractivity contribution in [1.82, 2.24) is 10.2 Å². The quantitative estimate of drug-likeness (QED) is 0.824. The van der Waals surface area contributed by atoms with Crippen molar-refractivity contribution in [2.75, 3.05) is 19.6 Å². The summed E-state index contributed by atoms with van der Waals surface area (Å²) in [7, 11) is 0. The van der Waals surface area contributed by atoms with Crippen LogP contribution in [0.25, 0.3) is 0 Å². The zero-order valence-corrected chi connectivity index (χ0v) is 12.5. The van der Waals surface area contributed by atoms with Crippen LogP contribution in [0.2, 0.25) is 0 Å². The first-order valence-corrected chi connectivity index (χ1v) is 6.44. The Labute approximate surface area is 112 Å². The zero-order valence-electron chi connectivity index (χ0n) is 11.7. The second-order valence-corrected chi connectivity index (χ2v) is 5.69. The van der Waals surface area contributed by atoms with Crippen LogP contribution >= 0.6 is 12.4 Å². The Balaban J connectivity index is 0.00000256. The molecule has 17 heavy (non-hydrogen) atoms. The van der Waals surface area contributed by atoms with E-state index in [-0.39, 0.29) is 18.3 Å². The smallest absolute Gasteiger partial charge is 0.226 e. The largest absolute Gasteiger partial charge is 0.340 e. The second kappa shape index (κ2) is 7.22. The van der Waals surface area contributed by atoms with Crippen LogP contribution in [0.4, 0.5) is 0 Å². The van der Waals surface area contributed by atoms with Crippen LogP contribution in [-0.4, -0.2) is 36.5 Å². The van der Waals surface area contributed by atoms with Gasteiger partial charge < -0.3 is 10.2 Å². The molecule has 1 heterocycles. The molecule has 1 rings (SSSR count). The maximum absolute atomic E-state index is 12.4. The van der Waals surface area contributed by atoms with Crippen molar-refractivity contribution >= 4 is 18.3 Å². The zero-order chi connectivity index (χ0) is 12.3. The van der Waals surface area contributed by atoms with E-state index < -0.39 is 0 Å². The second-order valence-electron chi connectivity index (χ2n) is 5.69. The number of halogens is 1. The fourth-order valence-corrected chi connectivity index (χ4v) is 2.08. The van der Waals surface area contributed by atoms with Crippen molar-refractivity contribution in [2.24, 2.45) is 17.8 Å². The monoisotopic (exact) mass is 262 g/mol. The first kappa shape index (κ1) is 16.7. The molecule has 4 heteroatoms. The minimum atomic E-state index is 0. The standard InChI is InChI=1S/C13H26N2O.ClH/c1-9(2)8-15(10(3)4)13(16)11(5)12-6-14-7-12;/h9-12,14H,6-8H2,1-5H3;1H. The molecule has 1 atom stereocenters. The van der Waals surface area contributed by atoms with E-state index >= 15 is 0 Å². The van der Waals surface area contributed by atoms with Crippen molar-refractivity contribution in [3.8, 4) is 0 Å². The maximum Gasteiger partial charge on any atom is 0.226 e. The van der Waals surface area contributed by atoms with Gasteiger partial charge in [-0.2, -0.15) is 0 Å². The van der Waals surface area contributed by atoms with Gasteiger partial charge in [0.2, 0.25) is 5.91 Å². The predicted molar refractivity (Wildman–Crippen MR) is 74.5 cm³/mol. The van der Waals surface area contributed by atoms with Gasteiger partial charge >= 0.3 is 0 Å². The molecule has 1 fully saturated rings. The Morgan fingerprint density at radius 2 is 1.76 bits per heavy atom. The number of nitrogens with one attached hydrogen (secondary N) is 1. The third-order valence-corrected chi connectivity index (χ3v) is 3.38. The lowest BCUT2D eigenvalue weighted by atomic mass is 9.87. The normalized spacial score (nSPS) is 17.6. The fraction of sp³-hybridized carbons (Fsp3) is 0.923. The minimum absolute atomic E-state index is 0. The van der Waals surface area contributed by atoms with Crippen molar-refractivity contribution < 1.29 is 4.79 Å². The highest BCUT2D eigenvalue weighted by Crippen LogP contribution is 2.20. The number of carbonyl (C=O) groups excluding carboxylic acids is 1. The Hall–Kier alpha value is -0.280. The molecule has 0 aromatic carbocycles. The number of hydrogen-bond donors (Lipinski definition) is 1. The summed E-state index contributed by atoms with van der Waals surface area (Å²) in [5, 5.41) is 3.24. The molecule has 102 valence electrons. The number of nitrogens with zero attached hydrogens (tertiary/aromatic N) is 1. The highest BCUT2D eigenvalue weighted by Gasteiger charge is 2.32. The third-order valence-electron chi connectivity index (χ3n) is 3.38. The van der Waals surface area contributed by atoms with E-state index in [4.69, 9.17) is 0 Å². The van der Waals surface area contributed by atoms with Gasteiger partial charge in [0.15, 0.2) is 0 Å². The van der Waals surface area contributed by atoms with Gasteiger partial charge in [-0.25, -0.2) is 0 Å². The summed E-state index contributed by atoms with van der Waals surface area (Å²) in [4.78, 5) is 14.4. The van der Waals surface area contributed by atoms with Gasteiger partial charge in [0.05, 0.1) is 0 Å². The van der Waals surface area contributed by atoms with E-state index in [9.17, 15) is 4.79 Å². The van der Waals surface area contributed by atoms with E-state index in [1.807, 2.05) is 4.90 Å². The lowest BCUT2D eigenvalue weighted by Crippen LogP contribution is -2.52. The van der Waals surface area contributed by atoms with Crippen molar-refractivity contribution in [3.05, 3.63) is 0 Å². The fourth-order valence-electron chi connectivity index (χ4n) is 2.08. The SMILES string of the molecule is CC(C)CN(C(=O)C(C)C1CNC1)C(C)C.Cl. The first-order valence-electron chi connectivity index (χ1n) is 6.44. The van der Waals surface area contributed by atoms with Crippen LogP contribution in [0, 0.1) is 17.8 Å². The predicted octanol–water partition coefficient (Wildman–Crippen LogP) is 2.16. The third kappa shape index (κ3) is 4.47. The molecule has 1 unspecified atom stereocenters. The minimum Gasteiger partial charge on any atom is -0.340 e. The summed E-state index contributed by atoms with van der Waals surface area (Å²) < 4.78 is 0. The van der Waals surface area contributed by atoms with E-state index in [1.54, 1.807) is 0 Å². The molecule has 0 saturated carbocycles. The van der Waals surface area contributed by atoms with Crippen LogP contribution in [-0.2, 0) is 4.79 Å². The Kier molecular flexibility index (Phi) is 7.10. The molecule has 0 aliphatic carbocycles.